The minimum Gasteiger partial charge on any atom is -0.229 e. The van der Waals surface area contributed by atoms with Crippen molar-refractivity contribution in [2.45, 2.75) is 9.50 Å². The van der Waals surface area contributed by atoms with E-state index < -0.39 is 0 Å². The minimum absolute atomic E-state index is 0.562. The smallest absolute Gasteiger partial charge is 0.229 e. The van der Waals surface area contributed by atoms with E-state index in [4.69, 9.17) is 11.6 Å². The van der Waals surface area contributed by atoms with Gasteiger partial charge < -0.3 is 0 Å². The van der Waals surface area contributed by atoms with Crippen LogP contribution >= 0.6 is 34.7 Å². The molecule has 2 aromatic heterocycles. The number of aromatic amines is 1. The summed E-state index contributed by atoms with van der Waals surface area (Å²) in [5, 5.41) is 16.9. The molecule has 90 valence electrons. The fraction of sp³-hybridized carbons (Fsp3) is 0. The Morgan fingerprint density at radius 3 is 2.78 bits per heavy atom. The van der Waals surface area contributed by atoms with E-state index in [0.29, 0.717) is 5.16 Å². The highest BCUT2D eigenvalue weighted by Gasteiger charge is 2.08. The Kier molecular flexibility index (Phi) is 3.26. The van der Waals surface area contributed by atoms with E-state index in [1.807, 2.05) is 29.6 Å². The molecule has 2 heterocycles. The van der Waals surface area contributed by atoms with E-state index in [1.165, 1.54) is 11.8 Å². The molecule has 0 aliphatic carbocycles. The summed E-state index contributed by atoms with van der Waals surface area (Å²) < 4.78 is 0.876. The molecule has 0 spiro atoms. The molecule has 0 bridgehead atoms. The predicted molar refractivity (Wildman–Crippen MR) is 70.9 cm³/mol. The van der Waals surface area contributed by atoms with Gasteiger partial charge in [-0.25, -0.2) is 4.98 Å². The molecule has 0 radical (unpaired) electrons. The van der Waals surface area contributed by atoms with Gasteiger partial charge in [0, 0.05) is 16.0 Å². The first-order chi connectivity index (χ1) is 8.81. The Labute approximate surface area is 116 Å². The van der Waals surface area contributed by atoms with Crippen molar-refractivity contribution in [3.8, 4) is 11.3 Å². The predicted octanol–water partition coefficient (Wildman–Crippen LogP) is 3.13. The highest BCUT2D eigenvalue weighted by Crippen LogP contribution is 2.31. The second kappa shape index (κ2) is 5.05. The summed E-state index contributed by atoms with van der Waals surface area (Å²) in [4.78, 5) is 4.50. The Bertz CT molecular complexity index is 635. The molecule has 1 N–H and O–H groups in total. The Morgan fingerprint density at radius 2 is 2.06 bits per heavy atom. The minimum atomic E-state index is 0.562. The number of nitrogens with zero attached hydrogens (tertiary/aromatic N) is 4. The van der Waals surface area contributed by atoms with Crippen molar-refractivity contribution >= 4 is 34.7 Å². The van der Waals surface area contributed by atoms with Crippen LogP contribution in [0.3, 0.4) is 0 Å². The highest BCUT2D eigenvalue weighted by atomic mass is 35.5. The quantitative estimate of drug-likeness (QED) is 0.804. The zero-order chi connectivity index (χ0) is 12.4. The van der Waals surface area contributed by atoms with Crippen molar-refractivity contribution < 1.29 is 0 Å². The number of aromatic nitrogens is 5. The second-order valence-electron chi connectivity index (χ2n) is 3.30. The van der Waals surface area contributed by atoms with Crippen molar-refractivity contribution in [3.05, 3.63) is 34.7 Å². The van der Waals surface area contributed by atoms with Gasteiger partial charge in [0.15, 0.2) is 4.34 Å². The van der Waals surface area contributed by atoms with Gasteiger partial charge in [0.25, 0.3) is 0 Å². The fourth-order valence-corrected chi connectivity index (χ4v) is 3.04. The van der Waals surface area contributed by atoms with Crippen molar-refractivity contribution in [1.29, 1.82) is 0 Å². The topological polar surface area (TPSA) is 67.3 Å². The van der Waals surface area contributed by atoms with Gasteiger partial charge in [-0.3, -0.25) is 0 Å². The van der Waals surface area contributed by atoms with Crippen LogP contribution in [-0.2, 0) is 0 Å². The molecular formula is C10H6ClN5S2. The van der Waals surface area contributed by atoms with Crippen molar-refractivity contribution in [1.82, 2.24) is 25.6 Å². The number of hydrogen-bond acceptors (Lipinski definition) is 6. The average molecular weight is 296 g/mol. The summed E-state index contributed by atoms with van der Waals surface area (Å²) in [7, 11) is 0. The molecule has 0 fully saturated rings. The third-order valence-electron chi connectivity index (χ3n) is 2.13. The Morgan fingerprint density at radius 1 is 1.22 bits per heavy atom. The van der Waals surface area contributed by atoms with Crippen LogP contribution in [0.1, 0.15) is 0 Å². The van der Waals surface area contributed by atoms with Gasteiger partial charge in [-0.1, -0.05) is 23.7 Å². The van der Waals surface area contributed by atoms with Gasteiger partial charge in [-0.2, -0.15) is 5.21 Å². The maximum atomic E-state index is 5.85. The number of thiazole rings is 1. The lowest BCUT2D eigenvalue weighted by molar-refractivity contribution is 0.881. The lowest BCUT2D eigenvalue weighted by atomic mass is 10.2. The van der Waals surface area contributed by atoms with E-state index in [1.54, 1.807) is 11.3 Å². The molecule has 18 heavy (non-hydrogen) atoms. The van der Waals surface area contributed by atoms with Crippen molar-refractivity contribution in [2.24, 2.45) is 0 Å². The van der Waals surface area contributed by atoms with Gasteiger partial charge >= 0.3 is 0 Å². The zero-order valence-corrected chi connectivity index (χ0v) is 11.3. The number of halogens is 1. The molecule has 5 nitrogen and oxygen atoms in total. The van der Waals surface area contributed by atoms with Crippen LogP contribution in [-0.4, -0.2) is 25.6 Å². The summed E-state index contributed by atoms with van der Waals surface area (Å²) in [6, 6.07) is 7.59. The zero-order valence-electron chi connectivity index (χ0n) is 8.87. The van der Waals surface area contributed by atoms with Gasteiger partial charge in [0.1, 0.15) is 0 Å². The number of benzene rings is 1. The summed E-state index contributed by atoms with van der Waals surface area (Å²) in [5.74, 6) is 0. The van der Waals surface area contributed by atoms with E-state index in [9.17, 15) is 0 Å². The van der Waals surface area contributed by atoms with Crippen LogP contribution in [0, 0.1) is 0 Å². The molecule has 0 aliphatic heterocycles. The van der Waals surface area contributed by atoms with Gasteiger partial charge in [-0.05, 0) is 29.1 Å². The van der Waals surface area contributed by atoms with E-state index >= 15 is 0 Å². The number of rotatable bonds is 3. The van der Waals surface area contributed by atoms with Crippen LogP contribution in [0.2, 0.25) is 5.02 Å². The maximum absolute atomic E-state index is 5.85. The number of nitrogens with one attached hydrogen (secondary N) is 1. The highest BCUT2D eigenvalue weighted by molar-refractivity contribution is 8.00. The van der Waals surface area contributed by atoms with Crippen molar-refractivity contribution in [2.75, 3.05) is 0 Å². The summed E-state index contributed by atoms with van der Waals surface area (Å²) in [6.07, 6.45) is 0. The fourth-order valence-electron chi connectivity index (χ4n) is 1.33. The number of H-pyrrole nitrogens is 1. The van der Waals surface area contributed by atoms with Crippen LogP contribution in [0.4, 0.5) is 0 Å². The molecule has 3 aromatic rings. The lowest BCUT2D eigenvalue weighted by Gasteiger charge is -1.95. The monoisotopic (exact) mass is 295 g/mol. The Balaban J connectivity index is 1.83. The largest absolute Gasteiger partial charge is 0.237 e. The van der Waals surface area contributed by atoms with Gasteiger partial charge in [0.05, 0.1) is 5.69 Å². The molecule has 8 heteroatoms. The first-order valence-electron chi connectivity index (χ1n) is 4.94. The normalized spacial score (nSPS) is 10.7. The van der Waals surface area contributed by atoms with Crippen LogP contribution < -0.4 is 0 Å². The Hall–Kier alpha value is -1.44. The van der Waals surface area contributed by atoms with Gasteiger partial charge in [-0.15, -0.1) is 21.5 Å². The molecule has 0 saturated heterocycles. The van der Waals surface area contributed by atoms with Crippen molar-refractivity contribution in [3.63, 3.8) is 0 Å². The molecule has 3 rings (SSSR count). The lowest BCUT2D eigenvalue weighted by Crippen LogP contribution is -1.78. The summed E-state index contributed by atoms with van der Waals surface area (Å²) in [6.45, 7) is 0. The molecule has 0 aliphatic rings. The van der Waals surface area contributed by atoms with E-state index in [2.05, 4.69) is 25.6 Å². The maximum Gasteiger partial charge on any atom is 0.237 e. The second-order valence-corrected chi connectivity index (χ2v) is 5.81. The van der Waals surface area contributed by atoms with E-state index in [-0.39, 0.29) is 0 Å². The number of tetrazole rings is 1. The number of hydrogen-bond donors (Lipinski definition) is 1. The third kappa shape index (κ3) is 2.53. The molecule has 0 amide bonds. The first-order valence-corrected chi connectivity index (χ1v) is 7.01. The van der Waals surface area contributed by atoms with Crippen LogP contribution in [0.25, 0.3) is 11.3 Å². The molecule has 0 saturated carbocycles. The SMILES string of the molecule is Clc1ccc(-c2csc(Sc3nn[nH]n3)n2)cc1. The molecular weight excluding hydrogens is 290 g/mol. The standard InChI is InChI=1S/C10H6ClN5S2/c11-7-3-1-6(2-4-7)8-5-17-10(12-8)18-9-13-15-16-14-9/h1-5H,(H,13,14,15,16). The van der Waals surface area contributed by atoms with E-state index in [0.717, 1.165) is 20.6 Å². The molecule has 0 unspecified atom stereocenters. The molecule has 0 atom stereocenters. The summed E-state index contributed by atoms with van der Waals surface area (Å²) in [5.41, 5.74) is 1.96. The van der Waals surface area contributed by atoms with Crippen LogP contribution in [0.15, 0.2) is 39.1 Å². The average Bonchev–Trinajstić information content (AvgIpc) is 3.02. The molecule has 1 aromatic carbocycles. The third-order valence-corrected chi connectivity index (χ3v) is 4.17. The van der Waals surface area contributed by atoms with Gasteiger partial charge in [0.2, 0.25) is 5.16 Å². The van der Waals surface area contributed by atoms with Crippen LogP contribution in [0.5, 0.6) is 0 Å². The summed E-state index contributed by atoms with van der Waals surface area (Å²) >= 11 is 8.77. The first kappa shape index (κ1) is 11.6.